The summed E-state index contributed by atoms with van der Waals surface area (Å²) in [4.78, 5) is 17.6. The minimum Gasteiger partial charge on any atom is -0.317 e. The number of nitrogens with one attached hydrogen (secondary N) is 1. The highest BCUT2D eigenvalue weighted by molar-refractivity contribution is 5.99. The van der Waals surface area contributed by atoms with E-state index in [0.717, 1.165) is 44.6 Å². The van der Waals surface area contributed by atoms with Crippen molar-refractivity contribution >= 4 is 11.6 Å². The molecule has 21 heavy (non-hydrogen) atoms. The Labute approximate surface area is 120 Å². The second-order valence-corrected chi connectivity index (χ2v) is 5.64. The molecule has 0 aromatic carbocycles. The van der Waals surface area contributed by atoms with Gasteiger partial charge in [-0.3, -0.25) is 4.79 Å². The molecule has 1 N–H and O–H groups in total. The van der Waals surface area contributed by atoms with Crippen LogP contribution in [0.4, 0.5) is 18.9 Å². The Balaban J connectivity index is 1.80. The van der Waals surface area contributed by atoms with Crippen LogP contribution in [0.1, 0.15) is 25.0 Å². The van der Waals surface area contributed by atoms with Crippen molar-refractivity contribution in [2.45, 2.75) is 25.4 Å². The molecular weight excluding hydrogens is 283 g/mol. The Hall–Kier alpha value is -1.63. The number of halogens is 3. The lowest BCUT2D eigenvalue weighted by atomic mass is 9.78. The van der Waals surface area contributed by atoms with Gasteiger partial charge in [0.2, 0.25) is 5.91 Å². The van der Waals surface area contributed by atoms with Gasteiger partial charge in [0.1, 0.15) is 5.69 Å². The number of carbonyl (C=O) groups excluding carboxylic acids is 1. The fourth-order valence-electron chi connectivity index (χ4n) is 3.15. The summed E-state index contributed by atoms with van der Waals surface area (Å²) in [5.41, 5.74) is -0.827. The van der Waals surface area contributed by atoms with Gasteiger partial charge in [-0.05, 0) is 44.5 Å². The van der Waals surface area contributed by atoms with Gasteiger partial charge >= 0.3 is 6.18 Å². The first-order chi connectivity index (χ1) is 9.92. The number of anilines is 1. The number of carbonyl (C=O) groups is 1. The summed E-state index contributed by atoms with van der Waals surface area (Å²) in [5.74, 6) is 0.0190. The molecule has 0 radical (unpaired) electrons. The van der Waals surface area contributed by atoms with Crippen LogP contribution in [-0.4, -0.2) is 30.5 Å². The monoisotopic (exact) mass is 299 g/mol. The van der Waals surface area contributed by atoms with Gasteiger partial charge in [-0.2, -0.15) is 13.2 Å². The van der Waals surface area contributed by atoms with E-state index >= 15 is 0 Å². The highest BCUT2D eigenvalue weighted by Crippen LogP contribution is 2.41. The SMILES string of the molecule is O=C1N(c2ccc(C(F)(F)F)nc2)CCC12CCNCC2. The van der Waals surface area contributed by atoms with Crippen LogP contribution < -0.4 is 10.2 Å². The molecule has 1 spiro atoms. The van der Waals surface area contributed by atoms with E-state index in [4.69, 9.17) is 0 Å². The quantitative estimate of drug-likeness (QED) is 0.865. The lowest BCUT2D eigenvalue weighted by molar-refractivity contribution is -0.141. The van der Waals surface area contributed by atoms with Crippen LogP contribution in [0.2, 0.25) is 0 Å². The van der Waals surface area contributed by atoms with Gasteiger partial charge in [0.15, 0.2) is 0 Å². The van der Waals surface area contributed by atoms with Gasteiger partial charge in [-0.25, -0.2) is 4.98 Å². The molecule has 114 valence electrons. The van der Waals surface area contributed by atoms with Crippen LogP contribution in [0.15, 0.2) is 18.3 Å². The molecule has 3 heterocycles. The minimum absolute atomic E-state index is 0.0190. The Morgan fingerprint density at radius 1 is 1.19 bits per heavy atom. The third-order valence-corrected chi connectivity index (χ3v) is 4.42. The first-order valence-electron chi connectivity index (χ1n) is 6.98. The predicted molar refractivity (Wildman–Crippen MR) is 70.7 cm³/mol. The predicted octanol–water partition coefficient (Wildman–Crippen LogP) is 2.21. The summed E-state index contributed by atoms with van der Waals surface area (Å²) >= 11 is 0. The number of nitrogens with zero attached hydrogens (tertiary/aromatic N) is 2. The molecule has 0 unspecified atom stereocenters. The van der Waals surface area contributed by atoms with E-state index in [9.17, 15) is 18.0 Å². The summed E-state index contributed by atoms with van der Waals surface area (Å²) in [5, 5.41) is 3.23. The van der Waals surface area contributed by atoms with E-state index in [2.05, 4.69) is 10.3 Å². The molecule has 7 heteroatoms. The van der Waals surface area contributed by atoms with Gasteiger partial charge in [0, 0.05) is 6.54 Å². The Bertz CT molecular complexity index is 535. The van der Waals surface area contributed by atoms with Crippen molar-refractivity contribution in [2.75, 3.05) is 24.5 Å². The van der Waals surface area contributed by atoms with Crippen molar-refractivity contribution < 1.29 is 18.0 Å². The zero-order valence-electron chi connectivity index (χ0n) is 11.4. The topological polar surface area (TPSA) is 45.2 Å². The largest absolute Gasteiger partial charge is 0.433 e. The van der Waals surface area contributed by atoms with Crippen molar-refractivity contribution in [2.24, 2.45) is 5.41 Å². The van der Waals surface area contributed by atoms with E-state index in [1.54, 1.807) is 4.90 Å². The van der Waals surface area contributed by atoms with E-state index in [0.29, 0.717) is 12.2 Å². The Kier molecular flexibility index (Phi) is 3.39. The van der Waals surface area contributed by atoms with Crippen LogP contribution in [0.5, 0.6) is 0 Å². The molecule has 2 fully saturated rings. The molecule has 1 aromatic rings. The molecule has 0 saturated carbocycles. The molecule has 4 nitrogen and oxygen atoms in total. The maximum Gasteiger partial charge on any atom is 0.433 e. The van der Waals surface area contributed by atoms with E-state index < -0.39 is 11.9 Å². The third-order valence-electron chi connectivity index (χ3n) is 4.42. The number of alkyl halides is 3. The summed E-state index contributed by atoms with van der Waals surface area (Å²) in [6.45, 7) is 2.17. The zero-order chi connectivity index (χ0) is 15.1. The first kappa shape index (κ1) is 14.3. The molecule has 1 amide bonds. The van der Waals surface area contributed by atoms with Gasteiger partial charge < -0.3 is 10.2 Å². The molecule has 0 bridgehead atoms. The second-order valence-electron chi connectivity index (χ2n) is 5.64. The summed E-state index contributed by atoms with van der Waals surface area (Å²) in [7, 11) is 0. The fourth-order valence-corrected chi connectivity index (χ4v) is 3.15. The van der Waals surface area contributed by atoms with Crippen molar-refractivity contribution in [1.29, 1.82) is 0 Å². The minimum atomic E-state index is -4.45. The van der Waals surface area contributed by atoms with Crippen LogP contribution in [-0.2, 0) is 11.0 Å². The normalized spacial score (nSPS) is 22.0. The average Bonchev–Trinajstić information content (AvgIpc) is 2.76. The number of rotatable bonds is 1. The highest BCUT2D eigenvalue weighted by atomic mass is 19.4. The van der Waals surface area contributed by atoms with Crippen LogP contribution in [0, 0.1) is 5.41 Å². The summed E-state index contributed by atoms with van der Waals surface area (Å²) in [6.07, 6.45) is -0.980. The molecule has 3 rings (SSSR count). The Morgan fingerprint density at radius 2 is 1.90 bits per heavy atom. The molecule has 2 aliphatic rings. The zero-order valence-corrected chi connectivity index (χ0v) is 11.4. The molecule has 0 atom stereocenters. The number of hydrogen-bond acceptors (Lipinski definition) is 3. The summed E-state index contributed by atoms with van der Waals surface area (Å²) < 4.78 is 37.5. The van der Waals surface area contributed by atoms with E-state index in [1.807, 2.05) is 0 Å². The number of aromatic nitrogens is 1. The molecular formula is C14H16F3N3O. The lowest BCUT2D eigenvalue weighted by Crippen LogP contribution is -2.42. The standard InChI is InChI=1S/C14H16F3N3O/c15-14(16,17)11-2-1-10(9-19-11)20-8-5-13(12(20)21)3-6-18-7-4-13/h1-2,9,18H,3-8H2. The number of piperidine rings is 1. The summed E-state index contributed by atoms with van der Waals surface area (Å²) in [6, 6.07) is 2.25. The van der Waals surface area contributed by atoms with Crippen LogP contribution >= 0.6 is 0 Å². The van der Waals surface area contributed by atoms with Gasteiger partial charge in [0.05, 0.1) is 17.3 Å². The van der Waals surface area contributed by atoms with Gasteiger partial charge in [0.25, 0.3) is 0 Å². The van der Waals surface area contributed by atoms with Crippen molar-refractivity contribution in [3.63, 3.8) is 0 Å². The average molecular weight is 299 g/mol. The van der Waals surface area contributed by atoms with Gasteiger partial charge in [-0.1, -0.05) is 0 Å². The van der Waals surface area contributed by atoms with Crippen LogP contribution in [0.3, 0.4) is 0 Å². The van der Waals surface area contributed by atoms with E-state index in [1.165, 1.54) is 6.07 Å². The smallest absolute Gasteiger partial charge is 0.317 e. The van der Waals surface area contributed by atoms with Crippen LogP contribution in [0.25, 0.3) is 0 Å². The fraction of sp³-hybridized carbons (Fsp3) is 0.571. The Morgan fingerprint density at radius 3 is 2.48 bits per heavy atom. The van der Waals surface area contributed by atoms with E-state index in [-0.39, 0.29) is 11.3 Å². The first-order valence-corrected chi connectivity index (χ1v) is 6.98. The number of pyridine rings is 1. The lowest BCUT2D eigenvalue weighted by Gasteiger charge is -2.32. The molecule has 2 saturated heterocycles. The molecule has 0 aliphatic carbocycles. The number of amides is 1. The number of hydrogen-bond donors (Lipinski definition) is 1. The maximum atomic E-state index is 12.6. The highest BCUT2D eigenvalue weighted by Gasteiger charge is 2.47. The second kappa shape index (κ2) is 4.98. The van der Waals surface area contributed by atoms with Crippen molar-refractivity contribution in [3.05, 3.63) is 24.0 Å². The maximum absolute atomic E-state index is 12.6. The molecule has 2 aliphatic heterocycles. The molecule has 1 aromatic heterocycles. The van der Waals surface area contributed by atoms with Gasteiger partial charge in [-0.15, -0.1) is 0 Å². The third kappa shape index (κ3) is 2.50. The van der Waals surface area contributed by atoms with Crippen molar-refractivity contribution in [3.8, 4) is 0 Å². The van der Waals surface area contributed by atoms with Crippen molar-refractivity contribution in [1.82, 2.24) is 10.3 Å².